The molecule has 0 atom stereocenters. The predicted molar refractivity (Wildman–Crippen MR) is 71.6 cm³/mol. The van der Waals surface area contributed by atoms with Crippen LogP contribution in [0.3, 0.4) is 0 Å². The zero-order valence-corrected chi connectivity index (χ0v) is 11.1. The summed E-state index contributed by atoms with van der Waals surface area (Å²) in [5.41, 5.74) is 0.201. The molecular weight excluding hydrogens is 293 g/mol. The average molecular weight is 302 g/mol. The molecule has 19 heavy (non-hydrogen) atoms. The van der Waals surface area contributed by atoms with Gasteiger partial charge in [-0.25, -0.2) is 0 Å². The number of nitrogens with zero attached hydrogens (tertiary/aromatic N) is 4. The quantitative estimate of drug-likeness (QED) is 0.677. The van der Waals surface area contributed by atoms with E-state index in [9.17, 15) is 10.1 Å². The fourth-order valence-electron chi connectivity index (χ4n) is 1.49. The summed E-state index contributed by atoms with van der Waals surface area (Å²) in [6.45, 7) is 0.972. The second-order valence-corrected chi connectivity index (χ2v) is 4.45. The van der Waals surface area contributed by atoms with Crippen LogP contribution in [0.15, 0.2) is 24.5 Å². The van der Waals surface area contributed by atoms with Crippen molar-refractivity contribution in [1.82, 2.24) is 15.0 Å². The summed E-state index contributed by atoms with van der Waals surface area (Å²) in [6.07, 6.45) is 3.26. The molecule has 0 radical (unpaired) electrons. The maximum atomic E-state index is 10.9. The average Bonchev–Trinajstić information content (AvgIpc) is 2.86. The summed E-state index contributed by atoms with van der Waals surface area (Å²) in [5, 5.41) is 21.7. The monoisotopic (exact) mass is 301 g/mol. The SMILES string of the molecule is O=[N+]([O-])c1cc(Cl)c(Cl)cc1NCCn1ccnn1. The van der Waals surface area contributed by atoms with Crippen molar-refractivity contribution in [1.29, 1.82) is 0 Å². The first-order chi connectivity index (χ1) is 9.08. The molecule has 9 heteroatoms. The van der Waals surface area contributed by atoms with Gasteiger partial charge in [0.1, 0.15) is 5.69 Å². The van der Waals surface area contributed by atoms with Crippen LogP contribution in [-0.2, 0) is 6.54 Å². The summed E-state index contributed by atoms with van der Waals surface area (Å²) in [4.78, 5) is 10.4. The normalized spacial score (nSPS) is 10.4. The lowest BCUT2D eigenvalue weighted by Crippen LogP contribution is -2.12. The summed E-state index contributed by atoms with van der Waals surface area (Å²) in [6, 6.07) is 2.66. The maximum Gasteiger partial charge on any atom is 0.293 e. The van der Waals surface area contributed by atoms with Gasteiger partial charge < -0.3 is 5.32 Å². The van der Waals surface area contributed by atoms with E-state index in [4.69, 9.17) is 23.2 Å². The molecule has 0 unspecified atom stereocenters. The maximum absolute atomic E-state index is 10.9. The molecule has 0 aliphatic carbocycles. The first-order valence-electron chi connectivity index (χ1n) is 5.29. The molecule has 0 saturated heterocycles. The molecule has 1 N–H and O–H groups in total. The lowest BCUT2D eigenvalue weighted by atomic mass is 10.2. The molecule has 1 aromatic carbocycles. The van der Waals surface area contributed by atoms with Crippen molar-refractivity contribution in [3.8, 4) is 0 Å². The van der Waals surface area contributed by atoms with E-state index in [1.165, 1.54) is 12.1 Å². The molecular formula is C10H9Cl2N5O2. The number of hydrogen-bond acceptors (Lipinski definition) is 5. The van der Waals surface area contributed by atoms with Gasteiger partial charge in [-0.05, 0) is 6.07 Å². The molecule has 2 rings (SSSR count). The Morgan fingerprint density at radius 2 is 2.11 bits per heavy atom. The fraction of sp³-hybridized carbons (Fsp3) is 0.200. The summed E-state index contributed by atoms with van der Waals surface area (Å²) in [7, 11) is 0. The molecule has 0 aliphatic rings. The minimum absolute atomic E-state index is 0.118. The molecule has 7 nitrogen and oxygen atoms in total. The molecule has 1 aromatic heterocycles. The Balaban J connectivity index is 2.10. The van der Waals surface area contributed by atoms with Gasteiger partial charge in [0, 0.05) is 18.8 Å². The minimum atomic E-state index is -0.514. The van der Waals surface area contributed by atoms with Gasteiger partial charge in [0.2, 0.25) is 0 Å². The Bertz CT molecular complexity index is 588. The number of nitrogens with one attached hydrogen (secondary N) is 1. The van der Waals surface area contributed by atoms with Crippen molar-refractivity contribution in [3.63, 3.8) is 0 Å². The van der Waals surface area contributed by atoms with Gasteiger partial charge in [-0.2, -0.15) is 0 Å². The van der Waals surface area contributed by atoms with E-state index >= 15 is 0 Å². The van der Waals surface area contributed by atoms with Crippen LogP contribution in [0.4, 0.5) is 11.4 Å². The highest BCUT2D eigenvalue weighted by Crippen LogP contribution is 2.33. The lowest BCUT2D eigenvalue weighted by molar-refractivity contribution is -0.383. The van der Waals surface area contributed by atoms with E-state index in [1.54, 1.807) is 17.1 Å². The molecule has 0 spiro atoms. The number of halogens is 2. The number of nitro benzene ring substituents is 1. The van der Waals surface area contributed by atoms with Gasteiger partial charge >= 0.3 is 0 Å². The summed E-state index contributed by atoms with van der Waals surface area (Å²) < 4.78 is 1.61. The van der Waals surface area contributed by atoms with Crippen LogP contribution in [0.5, 0.6) is 0 Å². The van der Waals surface area contributed by atoms with E-state index in [-0.39, 0.29) is 15.7 Å². The zero-order valence-electron chi connectivity index (χ0n) is 9.58. The fourth-order valence-corrected chi connectivity index (χ4v) is 1.81. The van der Waals surface area contributed by atoms with Crippen LogP contribution in [0.2, 0.25) is 10.0 Å². The Kier molecular flexibility index (Phi) is 4.18. The second-order valence-electron chi connectivity index (χ2n) is 3.63. The first kappa shape index (κ1) is 13.6. The Labute approximate surface area is 118 Å². The molecule has 0 amide bonds. The van der Waals surface area contributed by atoms with Gasteiger partial charge in [0.15, 0.2) is 0 Å². The van der Waals surface area contributed by atoms with Gasteiger partial charge in [0.25, 0.3) is 5.69 Å². The van der Waals surface area contributed by atoms with E-state index < -0.39 is 4.92 Å². The molecule has 0 fully saturated rings. The number of hydrogen-bond donors (Lipinski definition) is 1. The van der Waals surface area contributed by atoms with Crippen molar-refractivity contribution in [2.24, 2.45) is 0 Å². The van der Waals surface area contributed by atoms with E-state index in [2.05, 4.69) is 15.6 Å². The van der Waals surface area contributed by atoms with E-state index in [0.717, 1.165) is 0 Å². The van der Waals surface area contributed by atoms with Crippen LogP contribution >= 0.6 is 23.2 Å². The third-order valence-electron chi connectivity index (χ3n) is 2.36. The third kappa shape index (κ3) is 3.33. The number of rotatable bonds is 5. The predicted octanol–water partition coefficient (Wildman–Crippen LogP) is 2.61. The number of benzene rings is 1. The molecule has 1 heterocycles. The Morgan fingerprint density at radius 3 is 2.74 bits per heavy atom. The van der Waals surface area contributed by atoms with E-state index in [0.29, 0.717) is 18.8 Å². The van der Waals surface area contributed by atoms with E-state index in [1.807, 2.05) is 0 Å². The molecule has 100 valence electrons. The Hall–Kier alpha value is -1.86. The lowest BCUT2D eigenvalue weighted by Gasteiger charge is -2.08. The molecule has 0 bridgehead atoms. The standard InChI is InChI=1S/C10H9Cl2N5O2/c11-7-5-9(10(17(18)19)6-8(7)12)13-1-3-16-4-2-14-15-16/h2,4-6,13H,1,3H2. The second kappa shape index (κ2) is 5.85. The number of aromatic nitrogens is 3. The van der Waals surface area contributed by atoms with Crippen molar-refractivity contribution in [3.05, 3.63) is 44.7 Å². The van der Waals surface area contributed by atoms with Gasteiger partial charge in [-0.1, -0.05) is 28.4 Å². The van der Waals surface area contributed by atoms with Crippen LogP contribution in [-0.4, -0.2) is 26.5 Å². The van der Waals surface area contributed by atoms with Crippen LogP contribution in [0, 0.1) is 10.1 Å². The van der Waals surface area contributed by atoms with Gasteiger partial charge in [-0.15, -0.1) is 5.10 Å². The van der Waals surface area contributed by atoms with Crippen LogP contribution < -0.4 is 5.32 Å². The smallest absolute Gasteiger partial charge is 0.293 e. The number of nitro groups is 1. The van der Waals surface area contributed by atoms with Crippen molar-refractivity contribution in [2.45, 2.75) is 6.54 Å². The highest BCUT2D eigenvalue weighted by Gasteiger charge is 2.16. The molecule has 0 saturated carbocycles. The highest BCUT2D eigenvalue weighted by molar-refractivity contribution is 6.42. The van der Waals surface area contributed by atoms with Gasteiger partial charge in [-0.3, -0.25) is 14.8 Å². The highest BCUT2D eigenvalue weighted by atomic mass is 35.5. The van der Waals surface area contributed by atoms with Crippen molar-refractivity contribution >= 4 is 34.6 Å². The largest absolute Gasteiger partial charge is 0.378 e. The minimum Gasteiger partial charge on any atom is -0.378 e. The summed E-state index contributed by atoms with van der Waals surface area (Å²) in [5.74, 6) is 0. The van der Waals surface area contributed by atoms with Crippen molar-refractivity contribution in [2.75, 3.05) is 11.9 Å². The third-order valence-corrected chi connectivity index (χ3v) is 3.09. The van der Waals surface area contributed by atoms with Crippen LogP contribution in [0.1, 0.15) is 0 Å². The van der Waals surface area contributed by atoms with Crippen LogP contribution in [0.25, 0.3) is 0 Å². The molecule has 2 aromatic rings. The van der Waals surface area contributed by atoms with Gasteiger partial charge in [0.05, 0.1) is 27.7 Å². The summed E-state index contributed by atoms with van der Waals surface area (Å²) >= 11 is 11.6. The zero-order chi connectivity index (χ0) is 13.8. The molecule has 0 aliphatic heterocycles. The topological polar surface area (TPSA) is 85.9 Å². The first-order valence-corrected chi connectivity index (χ1v) is 6.05. The Morgan fingerprint density at radius 1 is 1.37 bits per heavy atom. The van der Waals surface area contributed by atoms with Crippen molar-refractivity contribution < 1.29 is 4.92 Å². The number of anilines is 1.